The third-order valence-electron chi connectivity index (χ3n) is 3.87. The maximum absolute atomic E-state index is 11.9. The van der Waals surface area contributed by atoms with Gasteiger partial charge < -0.3 is 15.4 Å². The van der Waals surface area contributed by atoms with Gasteiger partial charge in [0.05, 0.1) is 15.6 Å². The van der Waals surface area contributed by atoms with Crippen molar-refractivity contribution in [3.63, 3.8) is 0 Å². The molecule has 2 aliphatic heterocycles. The van der Waals surface area contributed by atoms with Gasteiger partial charge in [-0.05, 0) is 26.3 Å². The number of benzene rings is 1. The smallest absolute Gasteiger partial charge is 0.407 e. The van der Waals surface area contributed by atoms with E-state index in [-0.39, 0.29) is 21.7 Å². The van der Waals surface area contributed by atoms with Crippen LogP contribution in [0.1, 0.15) is 32.3 Å². The summed E-state index contributed by atoms with van der Waals surface area (Å²) in [7, 11) is -0.0948. The van der Waals surface area contributed by atoms with Gasteiger partial charge in [-0.25, -0.2) is 4.79 Å². The molecular weight excluding hydrogens is 268 g/mol. The highest BCUT2D eigenvalue weighted by atomic mass is 28.2. The van der Waals surface area contributed by atoms with Crippen LogP contribution < -0.4 is 21.0 Å². The Kier molecular flexibility index (Phi) is 3.34. The van der Waals surface area contributed by atoms with E-state index in [1.54, 1.807) is 10.4 Å². The highest BCUT2D eigenvalue weighted by Gasteiger charge is 2.35. The molecule has 2 N–H and O–H groups in total. The molecule has 2 atom stereocenters. The van der Waals surface area contributed by atoms with E-state index in [2.05, 4.69) is 28.8 Å². The molecule has 1 aromatic carbocycles. The molecule has 1 aromatic rings. The summed E-state index contributed by atoms with van der Waals surface area (Å²) in [5, 5.41) is 9.61. The van der Waals surface area contributed by atoms with E-state index in [9.17, 15) is 4.79 Å². The minimum atomic E-state index is -0.447. The largest absolute Gasteiger partial charge is 0.444 e. The number of ether oxygens (including phenoxy) is 1. The first kappa shape index (κ1) is 13.6. The number of amides is 1. The number of fused-ring (bicyclic) bond motifs is 1. The van der Waals surface area contributed by atoms with Crippen molar-refractivity contribution in [3.05, 3.63) is 23.8 Å². The standard InChI is InChI=1S/C15H22N2O2Si/c1-15(2,3)19-14(18)17-11-8-16-7-10(11)9-5-4-6-12-13(9)20-12/h4-6,10-11,16H,7-8,20H2,1-3H3,(H,17,18). The van der Waals surface area contributed by atoms with Crippen molar-refractivity contribution in [3.8, 4) is 0 Å². The molecule has 0 aliphatic carbocycles. The third-order valence-corrected chi connectivity index (χ3v) is 5.63. The zero-order valence-corrected chi connectivity index (χ0v) is 13.7. The lowest BCUT2D eigenvalue weighted by Gasteiger charge is -2.24. The van der Waals surface area contributed by atoms with E-state index in [4.69, 9.17) is 4.74 Å². The SMILES string of the molecule is CC(C)(C)OC(=O)NC1CNCC1c1cccc2c1[SiH2]2. The summed E-state index contributed by atoms with van der Waals surface area (Å²) >= 11 is 0. The van der Waals surface area contributed by atoms with Gasteiger partial charge in [0.15, 0.2) is 0 Å². The van der Waals surface area contributed by atoms with Crippen molar-refractivity contribution in [2.75, 3.05) is 13.1 Å². The van der Waals surface area contributed by atoms with Crippen LogP contribution in [0.15, 0.2) is 18.2 Å². The van der Waals surface area contributed by atoms with E-state index in [1.165, 1.54) is 5.56 Å². The van der Waals surface area contributed by atoms with Gasteiger partial charge >= 0.3 is 6.09 Å². The van der Waals surface area contributed by atoms with Crippen LogP contribution in [0.2, 0.25) is 0 Å². The number of carbonyl (C=O) groups excluding carboxylic acids is 1. The molecule has 1 amide bonds. The maximum Gasteiger partial charge on any atom is 0.407 e. The predicted octanol–water partition coefficient (Wildman–Crippen LogP) is -0.300. The number of rotatable bonds is 2. The monoisotopic (exact) mass is 290 g/mol. The first-order chi connectivity index (χ1) is 9.44. The predicted molar refractivity (Wildman–Crippen MR) is 83.0 cm³/mol. The Morgan fingerprint density at radius 1 is 1.40 bits per heavy atom. The normalized spacial score (nSPS) is 25.4. The molecule has 2 heterocycles. The first-order valence-electron chi connectivity index (χ1n) is 7.25. The fraction of sp³-hybridized carbons (Fsp3) is 0.533. The van der Waals surface area contributed by atoms with Crippen molar-refractivity contribution in [2.45, 2.75) is 38.3 Å². The zero-order chi connectivity index (χ0) is 14.3. The van der Waals surface area contributed by atoms with Gasteiger partial charge in [-0.1, -0.05) is 28.6 Å². The van der Waals surface area contributed by atoms with Gasteiger partial charge in [0.1, 0.15) is 5.60 Å². The molecule has 0 aromatic heterocycles. The lowest BCUT2D eigenvalue weighted by atomic mass is 9.94. The molecule has 3 rings (SSSR count). The lowest BCUT2D eigenvalue weighted by Crippen LogP contribution is -2.42. The number of hydrogen-bond acceptors (Lipinski definition) is 3. The average molecular weight is 290 g/mol. The Bertz CT molecular complexity index is 539. The molecule has 0 spiro atoms. The molecule has 1 fully saturated rings. The second-order valence-electron chi connectivity index (χ2n) is 6.68. The fourth-order valence-electron chi connectivity index (χ4n) is 2.93. The molecule has 2 aliphatic rings. The van der Waals surface area contributed by atoms with E-state index in [0.29, 0.717) is 5.92 Å². The van der Waals surface area contributed by atoms with Gasteiger partial charge in [0, 0.05) is 19.0 Å². The molecule has 5 heteroatoms. The highest BCUT2D eigenvalue weighted by Crippen LogP contribution is 2.23. The van der Waals surface area contributed by atoms with Crippen LogP contribution in [0.3, 0.4) is 0 Å². The molecule has 0 radical (unpaired) electrons. The molecular formula is C15H22N2O2Si. The fourth-order valence-corrected chi connectivity index (χ4v) is 4.38. The maximum atomic E-state index is 11.9. The second kappa shape index (κ2) is 4.89. The molecule has 20 heavy (non-hydrogen) atoms. The Labute approximate surface area is 122 Å². The Morgan fingerprint density at radius 2 is 2.20 bits per heavy atom. The Balaban J connectivity index is 1.68. The van der Waals surface area contributed by atoms with Gasteiger partial charge in [0.2, 0.25) is 0 Å². The third kappa shape index (κ3) is 2.88. The summed E-state index contributed by atoms with van der Waals surface area (Å²) in [6, 6.07) is 6.74. The van der Waals surface area contributed by atoms with Crippen molar-refractivity contribution in [1.82, 2.24) is 10.6 Å². The van der Waals surface area contributed by atoms with Gasteiger partial charge in [-0.3, -0.25) is 0 Å². The van der Waals surface area contributed by atoms with Gasteiger partial charge in [-0.2, -0.15) is 0 Å². The van der Waals surface area contributed by atoms with Crippen molar-refractivity contribution in [2.24, 2.45) is 0 Å². The quantitative estimate of drug-likeness (QED) is 0.747. The first-order valence-corrected chi connectivity index (χ1v) is 8.66. The van der Waals surface area contributed by atoms with Crippen LogP contribution in [0.5, 0.6) is 0 Å². The molecule has 0 bridgehead atoms. The zero-order valence-electron chi connectivity index (χ0n) is 12.3. The van der Waals surface area contributed by atoms with Crippen molar-refractivity contribution < 1.29 is 9.53 Å². The lowest BCUT2D eigenvalue weighted by molar-refractivity contribution is 0.0504. The van der Waals surface area contributed by atoms with Crippen molar-refractivity contribution in [1.29, 1.82) is 0 Å². The van der Waals surface area contributed by atoms with E-state index < -0.39 is 5.60 Å². The van der Waals surface area contributed by atoms with Crippen LogP contribution in [-0.4, -0.2) is 40.3 Å². The van der Waals surface area contributed by atoms with Crippen LogP contribution in [0.4, 0.5) is 4.79 Å². The summed E-state index contributed by atoms with van der Waals surface area (Å²) in [6.07, 6.45) is -0.314. The van der Waals surface area contributed by atoms with E-state index in [0.717, 1.165) is 13.1 Å². The van der Waals surface area contributed by atoms with Crippen LogP contribution in [0.25, 0.3) is 0 Å². The molecule has 1 saturated heterocycles. The summed E-state index contributed by atoms with van der Waals surface area (Å²) in [4.78, 5) is 11.9. The number of nitrogens with one attached hydrogen (secondary N) is 2. The van der Waals surface area contributed by atoms with Crippen LogP contribution in [-0.2, 0) is 4.74 Å². The van der Waals surface area contributed by atoms with Gasteiger partial charge in [0.25, 0.3) is 0 Å². The number of hydrogen-bond donors (Lipinski definition) is 2. The summed E-state index contributed by atoms with van der Waals surface area (Å²) in [5.74, 6) is 0.382. The number of alkyl carbamates (subject to hydrolysis) is 1. The topological polar surface area (TPSA) is 50.4 Å². The average Bonchev–Trinajstić information content (AvgIpc) is 2.99. The molecule has 2 unspecified atom stereocenters. The van der Waals surface area contributed by atoms with Crippen LogP contribution >= 0.6 is 0 Å². The Morgan fingerprint density at radius 3 is 2.95 bits per heavy atom. The van der Waals surface area contributed by atoms with Gasteiger partial charge in [-0.15, -0.1) is 0 Å². The minimum absolute atomic E-state index is 0.0948. The summed E-state index contributed by atoms with van der Waals surface area (Å²) in [5.41, 5.74) is 0.998. The summed E-state index contributed by atoms with van der Waals surface area (Å²) in [6.45, 7) is 7.41. The molecule has 4 nitrogen and oxygen atoms in total. The summed E-state index contributed by atoms with van der Waals surface area (Å²) < 4.78 is 5.36. The Hall–Kier alpha value is -1.33. The molecule has 0 saturated carbocycles. The van der Waals surface area contributed by atoms with E-state index >= 15 is 0 Å². The van der Waals surface area contributed by atoms with E-state index in [1.807, 2.05) is 20.8 Å². The highest BCUT2D eigenvalue weighted by molar-refractivity contribution is 6.87. The van der Waals surface area contributed by atoms with Crippen LogP contribution in [0, 0.1) is 0 Å². The molecule has 108 valence electrons. The minimum Gasteiger partial charge on any atom is -0.444 e. The van der Waals surface area contributed by atoms with Crippen molar-refractivity contribution >= 4 is 26.0 Å². The number of carbonyl (C=O) groups is 1. The second-order valence-corrected chi connectivity index (χ2v) is 8.50.